The summed E-state index contributed by atoms with van der Waals surface area (Å²) in [6.07, 6.45) is 9.82. The summed E-state index contributed by atoms with van der Waals surface area (Å²) in [5.41, 5.74) is 5.85. The van der Waals surface area contributed by atoms with Crippen LogP contribution in [0.3, 0.4) is 0 Å². The van der Waals surface area contributed by atoms with Crippen molar-refractivity contribution in [2.45, 2.75) is 58.8 Å². The van der Waals surface area contributed by atoms with Crippen molar-refractivity contribution in [3.05, 3.63) is 0 Å². The zero-order valence-corrected chi connectivity index (χ0v) is 9.97. The molecule has 1 aliphatic carbocycles. The van der Waals surface area contributed by atoms with Crippen LogP contribution in [-0.4, -0.2) is 6.54 Å². The smallest absolute Gasteiger partial charge is 0.00462 e. The Bertz CT molecular complexity index is 144. The fraction of sp³-hybridized carbons (Fsp3) is 1.00. The molecule has 1 saturated carbocycles. The molecule has 84 valence electrons. The van der Waals surface area contributed by atoms with Crippen molar-refractivity contribution in [2.75, 3.05) is 6.54 Å². The molecule has 1 aliphatic rings. The Balaban J connectivity index is 2.38. The van der Waals surface area contributed by atoms with Crippen LogP contribution < -0.4 is 5.73 Å². The molecule has 2 N–H and O–H groups in total. The third-order valence-electron chi connectivity index (χ3n) is 4.06. The quantitative estimate of drug-likeness (QED) is 0.716. The molecule has 0 aromatic rings. The molecule has 0 aliphatic heterocycles. The fourth-order valence-corrected chi connectivity index (χ4v) is 2.92. The zero-order valence-electron chi connectivity index (χ0n) is 9.97. The van der Waals surface area contributed by atoms with Crippen LogP contribution in [0.4, 0.5) is 0 Å². The van der Waals surface area contributed by atoms with Crippen molar-refractivity contribution in [1.29, 1.82) is 0 Å². The highest BCUT2D eigenvalue weighted by molar-refractivity contribution is 4.80. The van der Waals surface area contributed by atoms with E-state index in [4.69, 9.17) is 5.73 Å². The van der Waals surface area contributed by atoms with Crippen molar-refractivity contribution in [3.63, 3.8) is 0 Å². The molecule has 1 heteroatoms. The second kappa shape index (κ2) is 6.44. The maximum absolute atomic E-state index is 5.85. The highest BCUT2D eigenvalue weighted by Gasteiger charge is 2.27. The molecule has 14 heavy (non-hydrogen) atoms. The van der Waals surface area contributed by atoms with Crippen LogP contribution in [0, 0.1) is 17.8 Å². The SMILES string of the molecule is CCCCC1CC(CC)CCC1CN. The van der Waals surface area contributed by atoms with Gasteiger partial charge in [0, 0.05) is 0 Å². The van der Waals surface area contributed by atoms with E-state index in [1.54, 1.807) is 0 Å². The molecule has 0 saturated heterocycles. The van der Waals surface area contributed by atoms with Crippen LogP contribution in [0.2, 0.25) is 0 Å². The molecule has 1 fully saturated rings. The molecule has 0 heterocycles. The number of hydrogen-bond donors (Lipinski definition) is 1. The number of rotatable bonds is 5. The van der Waals surface area contributed by atoms with Crippen LogP contribution in [0.1, 0.15) is 58.8 Å². The fourth-order valence-electron chi connectivity index (χ4n) is 2.92. The molecule has 0 aromatic heterocycles. The molecular formula is C13H27N. The second-order valence-electron chi connectivity index (χ2n) is 4.99. The molecule has 0 radical (unpaired) electrons. The Kier molecular flexibility index (Phi) is 5.54. The standard InChI is InChI=1S/C13H27N/c1-3-5-6-12-9-11(4-2)7-8-13(12)10-14/h11-13H,3-10,14H2,1-2H3. The van der Waals surface area contributed by atoms with Crippen molar-refractivity contribution in [1.82, 2.24) is 0 Å². The van der Waals surface area contributed by atoms with E-state index in [1.165, 1.54) is 44.9 Å². The topological polar surface area (TPSA) is 26.0 Å². The lowest BCUT2D eigenvalue weighted by Gasteiger charge is -2.35. The molecule has 0 aromatic carbocycles. The Labute approximate surface area is 89.5 Å². The minimum Gasteiger partial charge on any atom is -0.330 e. The van der Waals surface area contributed by atoms with Gasteiger partial charge in [-0.2, -0.15) is 0 Å². The predicted molar refractivity (Wildman–Crippen MR) is 63.2 cm³/mol. The first-order chi connectivity index (χ1) is 6.81. The van der Waals surface area contributed by atoms with E-state index in [0.717, 1.165) is 24.3 Å². The summed E-state index contributed by atoms with van der Waals surface area (Å²) in [6.45, 7) is 5.55. The van der Waals surface area contributed by atoms with Gasteiger partial charge in [0.05, 0.1) is 0 Å². The van der Waals surface area contributed by atoms with Crippen molar-refractivity contribution < 1.29 is 0 Å². The highest BCUT2D eigenvalue weighted by Crippen LogP contribution is 2.37. The lowest BCUT2D eigenvalue weighted by Crippen LogP contribution is -2.30. The number of hydrogen-bond acceptors (Lipinski definition) is 1. The second-order valence-corrected chi connectivity index (χ2v) is 4.99. The van der Waals surface area contributed by atoms with E-state index in [9.17, 15) is 0 Å². The van der Waals surface area contributed by atoms with Gasteiger partial charge in [-0.15, -0.1) is 0 Å². The maximum Gasteiger partial charge on any atom is -0.00462 e. The normalized spacial score (nSPS) is 33.2. The van der Waals surface area contributed by atoms with Crippen molar-refractivity contribution in [2.24, 2.45) is 23.5 Å². The average molecular weight is 197 g/mol. The van der Waals surface area contributed by atoms with E-state index in [-0.39, 0.29) is 0 Å². The number of nitrogens with two attached hydrogens (primary N) is 1. The molecule has 3 atom stereocenters. The summed E-state index contributed by atoms with van der Waals surface area (Å²) in [4.78, 5) is 0. The van der Waals surface area contributed by atoms with E-state index in [1.807, 2.05) is 0 Å². The van der Waals surface area contributed by atoms with Gasteiger partial charge in [0.2, 0.25) is 0 Å². The van der Waals surface area contributed by atoms with E-state index in [0.29, 0.717) is 0 Å². The van der Waals surface area contributed by atoms with E-state index in [2.05, 4.69) is 13.8 Å². The van der Waals surface area contributed by atoms with Gasteiger partial charge in [-0.25, -0.2) is 0 Å². The molecule has 0 spiro atoms. The van der Waals surface area contributed by atoms with Gasteiger partial charge in [-0.05, 0) is 37.1 Å². The molecule has 3 unspecified atom stereocenters. The molecule has 1 nitrogen and oxygen atoms in total. The molecule has 1 rings (SSSR count). The Hall–Kier alpha value is -0.0400. The van der Waals surface area contributed by atoms with Crippen LogP contribution >= 0.6 is 0 Å². The minimum atomic E-state index is 0.837. The summed E-state index contributed by atoms with van der Waals surface area (Å²) in [5.74, 6) is 2.78. The van der Waals surface area contributed by atoms with Gasteiger partial charge in [-0.3, -0.25) is 0 Å². The minimum absolute atomic E-state index is 0.837. The lowest BCUT2D eigenvalue weighted by atomic mass is 9.71. The number of unbranched alkanes of at least 4 members (excludes halogenated alkanes) is 1. The van der Waals surface area contributed by atoms with Crippen molar-refractivity contribution >= 4 is 0 Å². The lowest BCUT2D eigenvalue weighted by molar-refractivity contribution is 0.168. The summed E-state index contributed by atoms with van der Waals surface area (Å²) >= 11 is 0. The van der Waals surface area contributed by atoms with Gasteiger partial charge in [0.1, 0.15) is 0 Å². The Morgan fingerprint density at radius 3 is 2.50 bits per heavy atom. The molecule has 0 amide bonds. The third kappa shape index (κ3) is 3.27. The monoisotopic (exact) mass is 197 g/mol. The van der Waals surface area contributed by atoms with Crippen LogP contribution in [0.25, 0.3) is 0 Å². The van der Waals surface area contributed by atoms with Gasteiger partial charge in [0.25, 0.3) is 0 Å². The first-order valence-electron chi connectivity index (χ1n) is 6.51. The first kappa shape index (κ1) is 12.0. The summed E-state index contributed by atoms with van der Waals surface area (Å²) in [6, 6.07) is 0. The van der Waals surface area contributed by atoms with Crippen LogP contribution in [-0.2, 0) is 0 Å². The Morgan fingerprint density at radius 2 is 1.93 bits per heavy atom. The van der Waals surface area contributed by atoms with Crippen molar-refractivity contribution in [3.8, 4) is 0 Å². The highest BCUT2D eigenvalue weighted by atomic mass is 14.6. The van der Waals surface area contributed by atoms with Gasteiger partial charge >= 0.3 is 0 Å². The maximum atomic E-state index is 5.85. The van der Waals surface area contributed by atoms with E-state index >= 15 is 0 Å². The summed E-state index contributed by atoms with van der Waals surface area (Å²) < 4.78 is 0. The summed E-state index contributed by atoms with van der Waals surface area (Å²) in [7, 11) is 0. The predicted octanol–water partition coefficient (Wildman–Crippen LogP) is 3.58. The van der Waals surface area contributed by atoms with Crippen LogP contribution in [0.5, 0.6) is 0 Å². The van der Waals surface area contributed by atoms with E-state index < -0.39 is 0 Å². The van der Waals surface area contributed by atoms with Crippen LogP contribution in [0.15, 0.2) is 0 Å². The molecular weight excluding hydrogens is 170 g/mol. The van der Waals surface area contributed by atoms with Gasteiger partial charge in [-0.1, -0.05) is 46.0 Å². The average Bonchev–Trinajstić information content (AvgIpc) is 2.25. The zero-order chi connectivity index (χ0) is 10.4. The third-order valence-corrected chi connectivity index (χ3v) is 4.06. The van der Waals surface area contributed by atoms with Gasteiger partial charge in [0.15, 0.2) is 0 Å². The van der Waals surface area contributed by atoms with Gasteiger partial charge < -0.3 is 5.73 Å². The largest absolute Gasteiger partial charge is 0.330 e. The first-order valence-corrected chi connectivity index (χ1v) is 6.51. The molecule has 0 bridgehead atoms. The Morgan fingerprint density at radius 1 is 1.14 bits per heavy atom. The summed E-state index contributed by atoms with van der Waals surface area (Å²) in [5, 5.41) is 0.